The van der Waals surface area contributed by atoms with Gasteiger partial charge >= 0.3 is 5.97 Å². The molecule has 1 saturated heterocycles. The largest absolute Gasteiger partial charge is 0.488 e. The van der Waals surface area contributed by atoms with Crippen molar-refractivity contribution in [2.75, 3.05) is 6.61 Å². The van der Waals surface area contributed by atoms with Gasteiger partial charge in [-0.05, 0) is 55.0 Å². The molecule has 0 radical (unpaired) electrons. The molecule has 0 spiro atoms. The van der Waals surface area contributed by atoms with Crippen LogP contribution in [0.1, 0.15) is 67.6 Å². The fourth-order valence-corrected chi connectivity index (χ4v) is 5.58. The highest BCUT2D eigenvalue weighted by atomic mass is 35.5. The van der Waals surface area contributed by atoms with Gasteiger partial charge in [-0.15, -0.1) is 0 Å². The Bertz CT molecular complexity index is 938. The van der Waals surface area contributed by atoms with E-state index in [2.05, 4.69) is 18.2 Å². The third-order valence-electron chi connectivity index (χ3n) is 6.55. The average Bonchev–Trinajstić information content (AvgIpc) is 2.75. The molecule has 1 saturated carbocycles. The van der Waals surface area contributed by atoms with Crippen LogP contribution in [0.4, 0.5) is 0 Å². The summed E-state index contributed by atoms with van der Waals surface area (Å²) in [6, 6.07) is 12.1. The van der Waals surface area contributed by atoms with Gasteiger partial charge in [-0.25, -0.2) is 0 Å². The molecule has 32 heavy (non-hydrogen) atoms. The van der Waals surface area contributed by atoms with E-state index in [9.17, 15) is 9.90 Å². The van der Waals surface area contributed by atoms with Gasteiger partial charge in [-0.1, -0.05) is 60.7 Å². The van der Waals surface area contributed by atoms with E-state index >= 15 is 0 Å². The SMILES string of the molecule is Cc1cc(Cl)c(OCC2CC(O)CC(=O)O2)c([C@H](c2ccc(Cl)cc2)C2CCCCC2)c1. The second kappa shape index (κ2) is 10.5. The highest BCUT2D eigenvalue weighted by Crippen LogP contribution is 2.46. The number of carbonyl (C=O) groups excluding carboxylic acids is 1. The summed E-state index contributed by atoms with van der Waals surface area (Å²) in [7, 11) is 0. The molecule has 1 aliphatic heterocycles. The maximum Gasteiger partial charge on any atom is 0.308 e. The summed E-state index contributed by atoms with van der Waals surface area (Å²) in [6.45, 7) is 2.20. The van der Waals surface area contributed by atoms with Gasteiger partial charge in [0.2, 0.25) is 0 Å². The lowest BCUT2D eigenvalue weighted by Gasteiger charge is -2.33. The predicted octanol–water partition coefficient (Wildman–Crippen LogP) is 6.46. The third kappa shape index (κ3) is 5.59. The molecule has 0 bridgehead atoms. The van der Waals surface area contributed by atoms with Crippen LogP contribution in [0.2, 0.25) is 10.0 Å². The Balaban J connectivity index is 1.68. The molecule has 3 atom stereocenters. The van der Waals surface area contributed by atoms with E-state index in [1.807, 2.05) is 25.1 Å². The molecule has 1 aliphatic carbocycles. The molecule has 2 aromatic carbocycles. The molecule has 2 aliphatic rings. The fourth-order valence-electron chi connectivity index (χ4n) is 5.12. The zero-order valence-corrected chi connectivity index (χ0v) is 19.9. The molecule has 1 N–H and O–H groups in total. The second-order valence-corrected chi connectivity index (χ2v) is 9.95. The monoisotopic (exact) mass is 476 g/mol. The molecular formula is C26H30Cl2O4. The van der Waals surface area contributed by atoms with Crippen LogP contribution >= 0.6 is 23.2 Å². The average molecular weight is 477 g/mol. The molecule has 4 rings (SSSR count). The van der Waals surface area contributed by atoms with Crippen LogP contribution in [-0.4, -0.2) is 29.9 Å². The number of esters is 1. The molecule has 1 heterocycles. The maximum atomic E-state index is 11.7. The van der Waals surface area contributed by atoms with Gasteiger partial charge in [0.25, 0.3) is 0 Å². The molecule has 4 nitrogen and oxygen atoms in total. The van der Waals surface area contributed by atoms with E-state index in [0.717, 1.165) is 24.0 Å². The Kier molecular flexibility index (Phi) is 7.65. The van der Waals surface area contributed by atoms with Crippen LogP contribution in [0.3, 0.4) is 0 Å². The van der Waals surface area contributed by atoms with Crippen molar-refractivity contribution < 1.29 is 19.4 Å². The van der Waals surface area contributed by atoms with Crippen LogP contribution in [0.5, 0.6) is 5.75 Å². The molecule has 172 valence electrons. The first-order chi connectivity index (χ1) is 15.4. The van der Waals surface area contributed by atoms with Crippen molar-refractivity contribution in [3.63, 3.8) is 0 Å². The minimum atomic E-state index is -0.693. The highest BCUT2D eigenvalue weighted by Gasteiger charge is 2.32. The molecular weight excluding hydrogens is 447 g/mol. The van der Waals surface area contributed by atoms with Gasteiger partial charge in [-0.3, -0.25) is 4.79 Å². The summed E-state index contributed by atoms with van der Waals surface area (Å²) in [4.78, 5) is 11.7. The van der Waals surface area contributed by atoms with Crippen molar-refractivity contribution in [3.8, 4) is 5.75 Å². The quantitative estimate of drug-likeness (QED) is 0.486. The zero-order valence-electron chi connectivity index (χ0n) is 18.4. The first-order valence-electron chi connectivity index (χ1n) is 11.5. The third-order valence-corrected chi connectivity index (χ3v) is 7.08. The highest BCUT2D eigenvalue weighted by molar-refractivity contribution is 6.32. The Labute approximate surface area is 199 Å². The first kappa shape index (κ1) is 23.4. The van der Waals surface area contributed by atoms with Crippen LogP contribution < -0.4 is 4.74 Å². The number of aryl methyl sites for hydroxylation is 1. The number of halogens is 2. The topological polar surface area (TPSA) is 55.8 Å². The standard InChI is InChI=1S/C26H30Cl2O4/c1-16-11-22(25(17-5-3-2-4-6-17)18-7-9-19(27)10-8-18)26(23(28)12-16)31-15-21-13-20(29)14-24(30)32-21/h7-12,17,20-21,25,29H,2-6,13-15H2,1H3/t20?,21?,25-/m0/s1. The number of hydrogen-bond acceptors (Lipinski definition) is 4. The molecule has 0 aromatic heterocycles. The van der Waals surface area contributed by atoms with Gasteiger partial charge in [0.15, 0.2) is 0 Å². The summed E-state index contributed by atoms with van der Waals surface area (Å²) < 4.78 is 11.6. The van der Waals surface area contributed by atoms with Crippen LogP contribution in [0.25, 0.3) is 0 Å². The van der Waals surface area contributed by atoms with Crippen LogP contribution in [0, 0.1) is 12.8 Å². The number of carbonyl (C=O) groups is 1. The number of ether oxygens (including phenoxy) is 2. The number of hydrogen-bond donors (Lipinski definition) is 1. The normalized spacial score (nSPS) is 22.9. The number of cyclic esters (lactones) is 1. The lowest BCUT2D eigenvalue weighted by atomic mass is 9.73. The van der Waals surface area contributed by atoms with Crippen molar-refractivity contribution >= 4 is 29.2 Å². The van der Waals surface area contributed by atoms with E-state index in [4.69, 9.17) is 32.7 Å². The summed E-state index contributed by atoms with van der Waals surface area (Å²) in [5, 5.41) is 11.2. The van der Waals surface area contributed by atoms with Crippen molar-refractivity contribution in [3.05, 3.63) is 63.1 Å². The van der Waals surface area contributed by atoms with Crippen molar-refractivity contribution in [1.29, 1.82) is 0 Å². The summed E-state index contributed by atoms with van der Waals surface area (Å²) in [5.41, 5.74) is 3.34. The van der Waals surface area contributed by atoms with E-state index in [0.29, 0.717) is 28.1 Å². The Morgan fingerprint density at radius 3 is 2.53 bits per heavy atom. The fraction of sp³-hybridized carbons (Fsp3) is 0.500. The minimum Gasteiger partial charge on any atom is -0.488 e. The summed E-state index contributed by atoms with van der Waals surface area (Å²) in [6.07, 6.45) is 5.26. The lowest BCUT2D eigenvalue weighted by Crippen LogP contribution is -2.36. The molecule has 6 heteroatoms. The Hall–Kier alpha value is -1.75. The first-order valence-corrected chi connectivity index (χ1v) is 12.2. The second-order valence-electron chi connectivity index (χ2n) is 9.11. The summed E-state index contributed by atoms with van der Waals surface area (Å²) in [5.74, 6) is 0.867. The Morgan fingerprint density at radius 1 is 1.12 bits per heavy atom. The van der Waals surface area contributed by atoms with Crippen molar-refractivity contribution in [1.82, 2.24) is 0 Å². The zero-order chi connectivity index (χ0) is 22.7. The molecule has 2 unspecified atom stereocenters. The molecule has 2 aromatic rings. The Morgan fingerprint density at radius 2 is 1.84 bits per heavy atom. The molecule has 0 amide bonds. The minimum absolute atomic E-state index is 0.0351. The van der Waals surface area contributed by atoms with Gasteiger partial charge in [0.1, 0.15) is 18.5 Å². The van der Waals surface area contributed by atoms with E-state index < -0.39 is 18.2 Å². The maximum absolute atomic E-state index is 11.7. The van der Waals surface area contributed by atoms with Crippen LogP contribution in [-0.2, 0) is 9.53 Å². The number of benzene rings is 2. The van der Waals surface area contributed by atoms with E-state index in [1.54, 1.807) is 0 Å². The predicted molar refractivity (Wildman–Crippen MR) is 127 cm³/mol. The van der Waals surface area contributed by atoms with Crippen molar-refractivity contribution in [2.24, 2.45) is 5.92 Å². The van der Waals surface area contributed by atoms with Gasteiger partial charge in [0, 0.05) is 22.9 Å². The van der Waals surface area contributed by atoms with Gasteiger partial charge < -0.3 is 14.6 Å². The lowest BCUT2D eigenvalue weighted by molar-refractivity contribution is -0.162. The number of aliphatic hydroxyl groups is 1. The van der Waals surface area contributed by atoms with Crippen LogP contribution in [0.15, 0.2) is 36.4 Å². The number of aliphatic hydroxyl groups excluding tert-OH is 1. The van der Waals surface area contributed by atoms with Gasteiger partial charge in [-0.2, -0.15) is 0 Å². The number of rotatable bonds is 6. The van der Waals surface area contributed by atoms with Gasteiger partial charge in [0.05, 0.1) is 17.5 Å². The van der Waals surface area contributed by atoms with E-state index in [-0.39, 0.29) is 18.9 Å². The smallest absolute Gasteiger partial charge is 0.308 e. The van der Waals surface area contributed by atoms with E-state index in [1.165, 1.54) is 24.8 Å². The molecule has 2 fully saturated rings. The van der Waals surface area contributed by atoms with Crippen molar-refractivity contribution in [2.45, 2.75) is 70.0 Å². The summed E-state index contributed by atoms with van der Waals surface area (Å²) >= 11 is 12.9.